The summed E-state index contributed by atoms with van der Waals surface area (Å²) in [7, 11) is 1.63. The maximum atomic E-state index is 13.0. The highest BCUT2D eigenvalue weighted by atomic mass is 127. The van der Waals surface area contributed by atoms with E-state index in [9.17, 15) is 4.79 Å². The van der Waals surface area contributed by atoms with E-state index in [1.54, 1.807) is 19.4 Å². The second-order valence-electron chi connectivity index (χ2n) is 9.45. The number of carbonyl (C=O) groups excluding carboxylic acids is 1. The van der Waals surface area contributed by atoms with Gasteiger partial charge in [-0.15, -0.1) is 0 Å². The van der Waals surface area contributed by atoms with Gasteiger partial charge in [-0.25, -0.2) is 0 Å². The van der Waals surface area contributed by atoms with E-state index < -0.39 is 0 Å². The Morgan fingerprint density at radius 3 is 2.38 bits per heavy atom. The van der Waals surface area contributed by atoms with Crippen LogP contribution in [0.5, 0.6) is 5.75 Å². The van der Waals surface area contributed by atoms with Crippen LogP contribution in [0, 0.1) is 16.7 Å². The lowest BCUT2D eigenvalue weighted by molar-refractivity contribution is 0.0704. The first-order chi connectivity index (χ1) is 16.2. The number of methoxy groups -OCH3 is 1. The summed E-state index contributed by atoms with van der Waals surface area (Å²) in [6, 6.07) is 11.2. The highest BCUT2D eigenvalue weighted by Gasteiger charge is 2.27. The number of aliphatic imine (C=N–C) groups is 1. The highest BCUT2D eigenvalue weighted by molar-refractivity contribution is 14.1. The lowest BCUT2D eigenvalue weighted by atomic mass is 9.88. The second-order valence-corrected chi connectivity index (χ2v) is 10.2. The highest BCUT2D eigenvalue weighted by Crippen LogP contribution is 2.26. The number of amides is 1. The average molecular weight is 575 g/mol. The van der Waals surface area contributed by atoms with E-state index in [0.29, 0.717) is 30.3 Å². The molecule has 3 rings (SSSR count). The van der Waals surface area contributed by atoms with E-state index in [4.69, 9.17) is 15.9 Å². The fraction of sp³-hybridized carbons (Fsp3) is 0.462. The molecule has 0 bridgehead atoms. The number of benzene rings is 1. The van der Waals surface area contributed by atoms with Crippen LogP contribution in [-0.4, -0.2) is 58.0 Å². The molecule has 0 aliphatic carbocycles. The summed E-state index contributed by atoms with van der Waals surface area (Å²) in [5.74, 6) is 1.27. The van der Waals surface area contributed by atoms with Crippen molar-refractivity contribution in [3.63, 3.8) is 0 Å². The Kier molecular flexibility index (Phi) is 8.67. The van der Waals surface area contributed by atoms with Crippen LogP contribution in [0.25, 0.3) is 0 Å². The lowest BCUT2D eigenvalue weighted by Gasteiger charge is -2.32. The minimum absolute atomic E-state index is 0.0460. The molecular formula is C26H34IN5O2. The molecule has 7 nitrogen and oxygen atoms in total. The number of alkyl halides is 1. The van der Waals surface area contributed by atoms with Crippen LogP contribution < -0.4 is 10.5 Å². The molecule has 1 fully saturated rings. The number of hydrogen-bond donors (Lipinski definition) is 2. The molecule has 182 valence electrons. The summed E-state index contributed by atoms with van der Waals surface area (Å²) < 4.78 is 6.17. The Hall–Kier alpha value is -2.49. The molecule has 1 atom stereocenters. The van der Waals surface area contributed by atoms with Crippen molar-refractivity contribution in [2.45, 2.75) is 39.7 Å². The zero-order chi connectivity index (χ0) is 24.9. The summed E-state index contributed by atoms with van der Waals surface area (Å²) in [5.41, 5.74) is 8.90. The van der Waals surface area contributed by atoms with Crippen LogP contribution in [0.2, 0.25) is 0 Å². The standard InChI is InChI=1S/C26H34IN5O2/c1-17(26(2,3)16-27)31-24(29)20-7-10-22(30-15-20)25(33)32-13-11-19(12-14-32)23(28)18-5-8-21(34-4)9-6-18/h5-10,15,17,19,28H,11-14,16H2,1-4H3,(H2,29,31). The van der Waals surface area contributed by atoms with E-state index >= 15 is 0 Å². The zero-order valence-electron chi connectivity index (χ0n) is 20.3. The van der Waals surface area contributed by atoms with E-state index in [1.807, 2.05) is 35.2 Å². The molecule has 0 radical (unpaired) electrons. The van der Waals surface area contributed by atoms with Gasteiger partial charge in [0.05, 0.1) is 13.2 Å². The first kappa shape index (κ1) is 26.1. The summed E-state index contributed by atoms with van der Waals surface area (Å²) in [6.07, 6.45) is 3.15. The number of likely N-dealkylation sites (tertiary alicyclic amines) is 1. The summed E-state index contributed by atoms with van der Waals surface area (Å²) in [4.78, 5) is 23.8. The number of piperidine rings is 1. The molecule has 1 aromatic carbocycles. The predicted molar refractivity (Wildman–Crippen MR) is 146 cm³/mol. The van der Waals surface area contributed by atoms with Crippen LogP contribution in [0.15, 0.2) is 47.6 Å². The SMILES string of the molecule is COc1ccc(C(=N)C2CCN(C(=O)c3ccc(C(N)=NC(C)C(C)(C)CI)cn3)CC2)cc1. The third-order valence-corrected chi connectivity index (χ3v) is 8.64. The molecule has 8 heteroatoms. The number of amidine groups is 1. The molecule has 2 heterocycles. The topological polar surface area (TPSA) is 105 Å². The van der Waals surface area contributed by atoms with Crippen molar-refractivity contribution in [2.24, 2.45) is 22.1 Å². The number of hydrogen-bond acceptors (Lipinski definition) is 5. The van der Waals surface area contributed by atoms with Gasteiger partial charge in [-0.05, 0) is 67.1 Å². The molecule has 1 aliphatic heterocycles. The van der Waals surface area contributed by atoms with Gasteiger partial charge in [0.25, 0.3) is 5.91 Å². The average Bonchev–Trinajstić information content (AvgIpc) is 2.88. The number of ether oxygens (including phenoxy) is 1. The van der Waals surface area contributed by atoms with Crippen molar-refractivity contribution in [1.29, 1.82) is 5.41 Å². The Bertz CT molecular complexity index is 1030. The number of nitrogens with zero attached hydrogens (tertiary/aromatic N) is 3. The first-order valence-corrected chi connectivity index (χ1v) is 13.1. The minimum Gasteiger partial charge on any atom is -0.497 e. The smallest absolute Gasteiger partial charge is 0.272 e. The van der Waals surface area contributed by atoms with Crippen LogP contribution >= 0.6 is 22.6 Å². The molecule has 1 unspecified atom stereocenters. The molecule has 0 saturated carbocycles. The molecule has 2 aromatic rings. The number of aromatic nitrogens is 1. The van der Waals surface area contributed by atoms with Gasteiger partial charge in [-0.2, -0.15) is 0 Å². The molecule has 3 N–H and O–H groups in total. The molecule has 34 heavy (non-hydrogen) atoms. The third-order valence-electron chi connectivity index (χ3n) is 6.68. The van der Waals surface area contributed by atoms with Crippen molar-refractivity contribution in [1.82, 2.24) is 9.88 Å². The lowest BCUT2D eigenvalue weighted by Crippen LogP contribution is -2.40. The van der Waals surface area contributed by atoms with Gasteiger partial charge < -0.3 is 20.8 Å². The van der Waals surface area contributed by atoms with Crippen molar-refractivity contribution in [3.05, 3.63) is 59.4 Å². The molecule has 1 saturated heterocycles. The third kappa shape index (κ3) is 6.14. The maximum Gasteiger partial charge on any atom is 0.272 e. The van der Waals surface area contributed by atoms with Crippen LogP contribution in [0.1, 0.15) is 55.2 Å². The first-order valence-electron chi connectivity index (χ1n) is 11.5. The number of nitrogens with two attached hydrogens (primary N) is 1. The van der Waals surface area contributed by atoms with Gasteiger partial charge in [0.2, 0.25) is 0 Å². The number of carbonyl (C=O) groups is 1. The summed E-state index contributed by atoms with van der Waals surface area (Å²) >= 11 is 2.37. The maximum absolute atomic E-state index is 13.0. The molecule has 0 spiro atoms. The number of halogens is 1. The number of pyridine rings is 1. The Labute approximate surface area is 215 Å². The Morgan fingerprint density at radius 2 is 1.85 bits per heavy atom. The van der Waals surface area contributed by atoms with Crippen LogP contribution in [0.3, 0.4) is 0 Å². The minimum atomic E-state index is -0.0871. The fourth-order valence-electron chi connectivity index (χ4n) is 3.78. The number of rotatable bonds is 8. The monoisotopic (exact) mass is 575 g/mol. The molecule has 1 amide bonds. The Balaban J connectivity index is 1.59. The largest absolute Gasteiger partial charge is 0.497 e. The molecule has 1 aromatic heterocycles. The fourth-order valence-corrected chi connectivity index (χ4v) is 4.42. The molecular weight excluding hydrogens is 541 g/mol. The van der Waals surface area contributed by atoms with Gasteiger partial charge in [-0.3, -0.25) is 14.8 Å². The summed E-state index contributed by atoms with van der Waals surface area (Å²) in [6.45, 7) is 7.62. The quantitative estimate of drug-likeness (QED) is 0.208. The number of nitrogens with one attached hydrogen (secondary N) is 1. The van der Waals surface area contributed by atoms with Gasteiger partial charge in [0.15, 0.2) is 0 Å². The van der Waals surface area contributed by atoms with Crippen molar-refractivity contribution < 1.29 is 9.53 Å². The normalized spacial score (nSPS) is 16.3. The van der Waals surface area contributed by atoms with Crippen molar-refractivity contribution in [2.75, 3.05) is 24.6 Å². The van der Waals surface area contributed by atoms with Crippen LogP contribution in [-0.2, 0) is 0 Å². The van der Waals surface area contributed by atoms with Gasteiger partial charge in [0, 0.05) is 40.9 Å². The van der Waals surface area contributed by atoms with Gasteiger partial charge in [-0.1, -0.05) is 36.4 Å². The van der Waals surface area contributed by atoms with E-state index in [-0.39, 0.29) is 23.3 Å². The van der Waals surface area contributed by atoms with Crippen molar-refractivity contribution >= 4 is 40.0 Å². The van der Waals surface area contributed by atoms with E-state index in [1.165, 1.54) is 0 Å². The van der Waals surface area contributed by atoms with E-state index in [2.05, 4.69) is 53.3 Å². The second kappa shape index (κ2) is 11.3. The summed E-state index contributed by atoms with van der Waals surface area (Å²) in [5, 5.41) is 8.57. The van der Waals surface area contributed by atoms with Gasteiger partial charge in [0.1, 0.15) is 17.3 Å². The van der Waals surface area contributed by atoms with Gasteiger partial charge >= 0.3 is 0 Å². The zero-order valence-corrected chi connectivity index (χ0v) is 22.5. The van der Waals surface area contributed by atoms with Crippen molar-refractivity contribution in [3.8, 4) is 5.75 Å². The van der Waals surface area contributed by atoms with Crippen LogP contribution in [0.4, 0.5) is 0 Å². The predicted octanol–water partition coefficient (Wildman–Crippen LogP) is 4.57. The van der Waals surface area contributed by atoms with E-state index in [0.717, 1.165) is 34.1 Å². The Morgan fingerprint density at radius 1 is 1.24 bits per heavy atom. The molecule has 1 aliphatic rings.